The van der Waals surface area contributed by atoms with Crippen LogP contribution in [0.2, 0.25) is 10.0 Å². The third kappa shape index (κ3) is 5.78. The first-order chi connectivity index (χ1) is 20.4. The smallest absolute Gasteiger partial charge is 0.151 e. The first-order valence-electron chi connectivity index (χ1n) is 13.4. The molecular weight excluding hydrogens is 581 g/mol. The topological polar surface area (TPSA) is 100 Å². The van der Waals surface area contributed by atoms with Crippen LogP contribution in [0.1, 0.15) is 30.0 Å². The van der Waals surface area contributed by atoms with E-state index in [0.717, 1.165) is 37.2 Å². The molecule has 1 aromatic heterocycles. The highest BCUT2D eigenvalue weighted by atomic mass is 35.5. The van der Waals surface area contributed by atoms with Crippen molar-refractivity contribution in [1.82, 2.24) is 26.3 Å². The Bertz CT molecular complexity index is 1700. The zero-order valence-corrected chi connectivity index (χ0v) is 23.7. The first-order valence-corrected chi connectivity index (χ1v) is 14.1. The van der Waals surface area contributed by atoms with Gasteiger partial charge in [-0.25, -0.2) is 8.78 Å². The number of benzene rings is 3. The van der Waals surface area contributed by atoms with Crippen LogP contribution in [0.5, 0.6) is 0 Å². The molecule has 0 bridgehead atoms. The van der Waals surface area contributed by atoms with Gasteiger partial charge in [0.25, 0.3) is 0 Å². The Morgan fingerprint density at radius 3 is 2.52 bits per heavy atom. The molecule has 6 rings (SSSR count). The maximum Gasteiger partial charge on any atom is 0.151 e. The Morgan fingerprint density at radius 2 is 1.79 bits per heavy atom. The summed E-state index contributed by atoms with van der Waals surface area (Å²) < 4.78 is 29.3. The lowest BCUT2D eigenvalue weighted by atomic mass is 10.0. The number of anilines is 3. The van der Waals surface area contributed by atoms with Gasteiger partial charge in [0, 0.05) is 40.2 Å². The molecule has 214 valence electrons. The van der Waals surface area contributed by atoms with E-state index in [1.807, 2.05) is 18.3 Å². The van der Waals surface area contributed by atoms with Gasteiger partial charge < -0.3 is 21.4 Å². The quantitative estimate of drug-likeness (QED) is 0.162. The second-order valence-corrected chi connectivity index (χ2v) is 10.9. The number of nitriles is 1. The van der Waals surface area contributed by atoms with Crippen LogP contribution in [0, 0.1) is 23.0 Å². The summed E-state index contributed by atoms with van der Waals surface area (Å²) in [5, 5.41) is 22.7. The number of aromatic nitrogens is 1. The maximum atomic E-state index is 15.5. The van der Waals surface area contributed by atoms with E-state index < -0.39 is 17.7 Å². The van der Waals surface area contributed by atoms with Crippen molar-refractivity contribution in [2.75, 3.05) is 23.7 Å². The van der Waals surface area contributed by atoms with Crippen LogP contribution in [0.3, 0.4) is 0 Å². The van der Waals surface area contributed by atoms with Crippen molar-refractivity contribution in [2.24, 2.45) is 0 Å². The van der Waals surface area contributed by atoms with Gasteiger partial charge in [0.1, 0.15) is 17.4 Å². The number of fused-ring (bicyclic) bond motifs is 1. The summed E-state index contributed by atoms with van der Waals surface area (Å²) in [5.74, 6) is -1.14. The van der Waals surface area contributed by atoms with Crippen LogP contribution in [0.25, 0.3) is 10.9 Å². The van der Waals surface area contributed by atoms with E-state index in [2.05, 4.69) is 43.0 Å². The fourth-order valence-electron chi connectivity index (χ4n) is 5.21. The van der Waals surface area contributed by atoms with E-state index in [1.54, 1.807) is 18.2 Å². The fourth-order valence-corrected chi connectivity index (χ4v) is 5.52. The predicted octanol–water partition coefficient (Wildman–Crippen LogP) is 6.51. The van der Waals surface area contributed by atoms with Gasteiger partial charge in [-0.15, -0.1) is 5.53 Å². The molecule has 0 unspecified atom stereocenters. The van der Waals surface area contributed by atoms with Gasteiger partial charge in [-0.3, -0.25) is 9.99 Å². The Morgan fingerprint density at radius 1 is 1.00 bits per heavy atom. The third-order valence-electron chi connectivity index (χ3n) is 7.37. The molecule has 8 nitrogen and oxygen atoms in total. The molecule has 1 atom stereocenters. The summed E-state index contributed by atoms with van der Waals surface area (Å²) in [7, 11) is 0. The van der Waals surface area contributed by atoms with Crippen molar-refractivity contribution in [1.29, 1.82) is 5.26 Å². The van der Waals surface area contributed by atoms with Crippen molar-refractivity contribution in [3.05, 3.63) is 105 Å². The van der Waals surface area contributed by atoms with Gasteiger partial charge in [-0.1, -0.05) is 35.3 Å². The monoisotopic (exact) mass is 606 g/mol. The Hall–Kier alpha value is -4.14. The molecule has 0 saturated carbocycles. The Balaban J connectivity index is 1.39. The maximum absolute atomic E-state index is 15.5. The van der Waals surface area contributed by atoms with Crippen LogP contribution in [-0.4, -0.2) is 29.1 Å². The molecule has 42 heavy (non-hydrogen) atoms. The number of rotatable bonds is 7. The summed E-state index contributed by atoms with van der Waals surface area (Å²) in [4.78, 5) is 4.20. The van der Waals surface area contributed by atoms with E-state index >= 15 is 4.39 Å². The highest BCUT2D eigenvalue weighted by Gasteiger charge is 2.27. The molecule has 3 aromatic carbocycles. The lowest BCUT2D eigenvalue weighted by Gasteiger charge is -2.30. The molecule has 0 radical (unpaired) electrons. The number of nitrogens with zero attached hydrogens (tertiary/aromatic N) is 3. The predicted molar refractivity (Wildman–Crippen MR) is 161 cm³/mol. The highest BCUT2D eigenvalue weighted by molar-refractivity contribution is 6.31. The summed E-state index contributed by atoms with van der Waals surface area (Å²) in [6.45, 7) is 1.89. The zero-order chi connectivity index (χ0) is 29.2. The number of nitrogens with one attached hydrogen (secondary N) is 5. The molecule has 1 saturated heterocycles. The molecule has 12 heteroatoms. The molecule has 3 heterocycles. The molecule has 0 amide bonds. The Kier molecular flexibility index (Phi) is 8.00. The highest BCUT2D eigenvalue weighted by Crippen LogP contribution is 2.35. The summed E-state index contributed by atoms with van der Waals surface area (Å²) >= 11 is 12.2. The summed E-state index contributed by atoms with van der Waals surface area (Å²) in [6.07, 6.45) is 5.32. The van der Waals surface area contributed by atoms with E-state index in [1.165, 1.54) is 30.5 Å². The lowest BCUT2D eigenvalue weighted by Crippen LogP contribution is -2.47. The minimum atomic E-state index is -0.573. The fraction of sp³-hybridized carbons (Fsp3) is 0.200. The molecule has 2 aliphatic heterocycles. The normalized spacial score (nSPS) is 16.1. The largest absolute Gasteiger partial charge is 0.373 e. The Labute approximate surface area is 251 Å². The second kappa shape index (κ2) is 12.0. The van der Waals surface area contributed by atoms with E-state index in [4.69, 9.17) is 23.2 Å². The number of hydrogen-bond acceptors (Lipinski definition) is 8. The van der Waals surface area contributed by atoms with Crippen molar-refractivity contribution in [3.8, 4) is 6.07 Å². The van der Waals surface area contributed by atoms with Crippen molar-refractivity contribution in [3.63, 3.8) is 0 Å². The summed E-state index contributed by atoms with van der Waals surface area (Å²) in [5.41, 5.74) is 9.76. The second-order valence-electron chi connectivity index (χ2n) is 10.1. The molecular formula is C30H26Cl2F2N8. The molecule has 4 aromatic rings. The van der Waals surface area contributed by atoms with E-state index in [-0.39, 0.29) is 16.1 Å². The molecule has 5 N–H and O–H groups in total. The van der Waals surface area contributed by atoms with Gasteiger partial charge in [-0.2, -0.15) is 5.26 Å². The average Bonchev–Trinajstić information content (AvgIpc) is 3.49. The van der Waals surface area contributed by atoms with Gasteiger partial charge in [0.15, 0.2) is 5.82 Å². The van der Waals surface area contributed by atoms with Gasteiger partial charge >= 0.3 is 0 Å². The standard InChI is InChI=1S/C30H26Cl2F2N8/c31-19-3-1-17(2-4-19)29(27-16-42(41-40-27)22-7-9-36-10-8-22)39-21-11-23-28(38-20-5-6-25(33)24(32)12-20)18(14-35)15-37-30(23)26(34)13-21/h1-6,11-13,15-16,22,29,36,39-41H,7-10H2,(H,37,38)/t29-/m0/s1. The number of pyridine rings is 1. The van der Waals surface area contributed by atoms with Gasteiger partial charge in [0.2, 0.25) is 0 Å². The number of hydrazine groups is 2. The first kappa shape index (κ1) is 28.0. The van der Waals surface area contributed by atoms with Crippen LogP contribution in [-0.2, 0) is 0 Å². The average molecular weight is 607 g/mol. The van der Waals surface area contributed by atoms with Crippen molar-refractivity contribution >= 4 is 51.2 Å². The molecule has 0 aliphatic carbocycles. The van der Waals surface area contributed by atoms with Crippen molar-refractivity contribution in [2.45, 2.75) is 24.9 Å². The molecule has 1 fully saturated rings. The number of halogens is 4. The lowest BCUT2D eigenvalue weighted by molar-refractivity contribution is 0.162. The summed E-state index contributed by atoms with van der Waals surface area (Å²) in [6, 6.07) is 16.7. The van der Waals surface area contributed by atoms with Crippen LogP contribution in [0.15, 0.2) is 72.7 Å². The van der Waals surface area contributed by atoms with Crippen LogP contribution < -0.4 is 26.9 Å². The minimum Gasteiger partial charge on any atom is -0.373 e. The van der Waals surface area contributed by atoms with Crippen LogP contribution in [0.4, 0.5) is 25.8 Å². The van der Waals surface area contributed by atoms with E-state index in [9.17, 15) is 9.65 Å². The van der Waals surface area contributed by atoms with Crippen LogP contribution >= 0.6 is 23.2 Å². The van der Waals surface area contributed by atoms with Gasteiger partial charge in [0.05, 0.1) is 28.0 Å². The third-order valence-corrected chi connectivity index (χ3v) is 7.91. The SMILES string of the molecule is N#Cc1cnc2c(F)cc(N[C@H](C3=CN(C4CCNCC4)NN3)c3ccc(Cl)cc3)cc2c1Nc1ccc(F)c(Cl)c1. The van der Waals surface area contributed by atoms with Gasteiger partial charge in [-0.05, 0) is 74.0 Å². The van der Waals surface area contributed by atoms with Crippen molar-refractivity contribution < 1.29 is 8.78 Å². The molecule has 0 spiro atoms. The number of hydrogen-bond donors (Lipinski definition) is 5. The minimum absolute atomic E-state index is 0.0789. The zero-order valence-electron chi connectivity index (χ0n) is 22.2. The molecule has 2 aliphatic rings. The number of piperidine rings is 1. The van der Waals surface area contributed by atoms with E-state index in [0.29, 0.717) is 33.5 Å².